The van der Waals surface area contributed by atoms with Gasteiger partial charge in [0.05, 0.1) is 6.54 Å². The molecule has 144 valence electrons. The van der Waals surface area contributed by atoms with Crippen LogP contribution in [0.2, 0.25) is 0 Å². The van der Waals surface area contributed by atoms with Gasteiger partial charge in [-0.3, -0.25) is 14.7 Å². The lowest BCUT2D eigenvalue weighted by atomic mass is 10.0. The summed E-state index contributed by atoms with van der Waals surface area (Å²) in [6.45, 7) is 15.9. The van der Waals surface area contributed by atoms with Gasteiger partial charge in [-0.05, 0) is 45.2 Å². The van der Waals surface area contributed by atoms with E-state index in [1.165, 1.54) is 32.4 Å². The molecule has 1 N–H and O–H groups in total. The summed E-state index contributed by atoms with van der Waals surface area (Å²) in [5.41, 5.74) is 0. The van der Waals surface area contributed by atoms with Crippen molar-refractivity contribution < 1.29 is 4.79 Å². The molecule has 0 spiro atoms. The van der Waals surface area contributed by atoms with E-state index in [9.17, 15) is 4.79 Å². The van der Waals surface area contributed by atoms with Crippen LogP contribution >= 0.6 is 0 Å². The summed E-state index contributed by atoms with van der Waals surface area (Å²) in [6, 6.07) is 0.551. The lowest BCUT2D eigenvalue weighted by Gasteiger charge is -2.36. The van der Waals surface area contributed by atoms with Gasteiger partial charge >= 0.3 is 0 Å². The first kappa shape index (κ1) is 20.0. The van der Waals surface area contributed by atoms with Crippen molar-refractivity contribution in [3.05, 3.63) is 0 Å². The molecule has 0 radical (unpaired) electrons. The van der Waals surface area contributed by atoms with Gasteiger partial charge < -0.3 is 15.1 Å². The average Bonchev–Trinajstić information content (AvgIpc) is 3.11. The molecule has 0 aromatic carbocycles. The van der Waals surface area contributed by atoms with E-state index < -0.39 is 0 Å². The minimum absolute atomic E-state index is 0.174. The zero-order chi connectivity index (χ0) is 18.2. The maximum atomic E-state index is 11.5. The lowest BCUT2D eigenvalue weighted by molar-refractivity contribution is -0.130. The Hall–Kier alpha value is -1.30. The fourth-order valence-corrected chi connectivity index (χ4v) is 3.84. The minimum Gasteiger partial charge on any atom is -0.357 e. The van der Waals surface area contributed by atoms with Gasteiger partial charge in [0.1, 0.15) is 0 Å². The smallest absolute Gasteiger partial charge is 0.219 e. The highest BCUT2D eigenvalue weighted by Gasteiger charge is 2.24. The molecule has 6 heteroatoms. The molecule has 2 aliphatic rings. The first-order valence-electron chi connectivity index (χ1n) is 10.0. The molecule has 0 bridgehead atoms. The highest BCUT2D eigenvalue weighted by Crippen LogP contribution is 2.18. The Morgan fingerprint density at radius 3 is 2.16 bits per heavy atom. The molecular weight excluding hydrogens is 314 g/mol. The number of carbonyl (C=O) groups is 1. The molecule has 2 heterocycles. The highest BCUT2D eigenvalue weighted by atomic mass is 16.2. The maximum absolute atomic E-state index is 11.5. The number of amides is 1. The van der Waals surface area contributed by atoms with Gasteiger partial charge in [-0.15, -0.1) is 0 Å². The predicted molar refractivity (Wildman–Crippen MR) is 104 cm³/mol. The van der Waals surface area contributed by atoms with Gasteiger partial charge in [0.25, 0.3) is 0 Å². The first-order valence-corrected chi connectivity index (χ1v) is 10.0. The van der Waals surface area contributed by atoms with E-state index in [0.717, 1.165) is 45.2 Å². The Morgan fingerprint density at radius 2 is 1.64 bits per heavy atom. The maximum Gasteiger partial charge on any atom is 0.219 e. The Morgan fingerprint density at radius 1 is 1.04 bits per heavy atom. The third-order valence-electron chi connectivity index (χ3n) is 5.21. The lowest BCUT2D eigenvalue weighted by Crippen LogP contribution is -2.53. The minimum atomic E-state index is 0.174. The van der Waals surface area contributed by atoms with Gasteiger partial charge in [0.2, 0.25) is 5.91 Å². The van der Waals surface area contributed by atoms with Crippen molar-refractivity contribution in [1.29, 1.82) is 0 Å². The van der Waals surface area contributed by atoms with E-state index in [1.54, 1.807) is 6.92 Å². The van der Waals surface area contributed by atoms with Crippen molar-refractivity contribution in [3.63, 3.8) is 0 Å². The standard InChI is InChI=1S/C19H37N5O/c1-5-20-19(24-12-10-22(11-13-24)17(4)25)21-15-18(14-16(2)3)23-8-6-7-9-23/h16,18H,5-15H2,1-4H3,(H,20,21). The molecule has 1 unspecified atom stereocenters. The van der Waals surface area contributed by atoms with Crippen molar-refractivity contribution in [2.45, 2.75) is 53.0 Å². The topological polar surface area (TPSA) is 51.2 Å². The van der Waals surface area contributed by atoms with Gasteiger partial charge in [-0.1, -0.05) is 13.8 Å². The van der Waals surface area contributed by atoms with Crippen LogP contribution in [0.15, 0.2) is 4.99 Å². The summed E-state index contributed by atoms with van der Waals surface area (Å²) in [4.78, 5) is 23.4. The number of likely N-dealkylation sites (tertiary alicyclic amines) is 1. The summed E-state index contributed by atoms with van der Waals surface area (Å²) in [5, 5.41) is 3.45. The van der Waals surface area contributed by atoms with Crippen LogP contribution < -0.4 is 5.32 Å². The number of carbonyl (C=O) groups excluding carboxylic acids is 1. The van der Waals surface area contributed by atoms with E-state index >= 15 is 0 Å². The monoisotopic (exact) mass is 351 g/mol. The molecule has 1 amide bonds. The summed E-state index contributed by atoms with van der Waals surface area (Å²) in [7, 11) is 0. The first-order chi connectivity index (χ1) is 12.0. The van der Waals surface area contributed by atoms with Gasteiger partial charge in [-0.2, -0.15) is 0 Å². The van der Waals surface area contributed by atoms with Crippen LogP contribution in [0.3, 0.4) is 0 Å². The highest BCUT2D eigenvalue weighted by molar-refractivity contribution is 5.80. The second kappa shape index (κ2) is 10.00. The van der Waals surface area contributed by atoms with E-state index in [2.05, 4.69) is 35.9 Å². The van der Waals surface area contributed by atoms with E-state index in [0.29, 0.717) is 12.0 Å². The van der Waals surface area contributed by atoms with Crippen molar-refractivity contribution in [2.75, 3.05) is 52.4 Å². The fraction of sp³-hybridized carbons (Fsp3) is 0.895. The number of hydrogen-bond acceptors (Lipinski definition) is 3. The Kier molecular flexibility index (Phi) is 8.00. The second-order valence-electron chi connectivity index (χ2n) is 7.71. The molecule has 0 aliphatic carbocycles. The summed E-state index contributed by atoms with van der Waals surface area (Å²) < 4.78 is 0. The summed E-state index contributed by atoms with van der Waals surface area (Å²) >= 11 is 0. The quantitative estimate of drug-likeness (QED) is 0.584. The number of hydrogen-bond donors (Lipinski definition) is 1. The average molecular weight is 352 g/mol. The number of piperazine rings is 1. The van der Waals surface area contributed by atoms with Crippen LogP contribution in [0.5, 0.6) is 0 Å². The van der Waals surface area contributed by atoms with Crippen LogP contribution in [0, 0.1) is 5.92 Å². The molecule has 1 atom stereocenters. The molecule has 6 nitrogen and oxygen atoms in total. The van der Waals surface area contributed by atoms with E-state index in [-0.39, 0.29) is 5.91 Å². The zero-order valence-corrected chi connectivity index (χ0v) is 16.6. The SMILES string of the molecule is CCNC(=NCC(CC(C)C)N1CCCC1)N1CCN(C(C)=O)CC1. The van der Waals surface area contributed by atoms with Crippen LogP contribution in [-0.4, -0.2) is 85.0 Å². The van der Waals surface area contributed by atoms with Crippen molar-refractivity contribution in [3.8, 4) is 0 Å². The molecule has 0 aromatic heterocycles. The van der Waals surface area contributed by atoms with Crippen LogP contribution in [0.25, 0.3) is 0 Å². The molecule has 25 heavy (non-hydrogen) atoms. The normalized spacial score (nSPS) is 21.1. The van der Waals surface area contributed by atoms with Crippen molar-refractivity contribution >= 4 is 11.9 Å². The third-order valence-corrected chi connectivity index (χ3v) is 5.21. The molecule has 0 saturated carbocycles. The number of nitrogens with one attached hydrogen (secondary N) is 1. The molecule has 0 aromatic rings. The number of nitrogens with zero attached hydrogens (tertiary/aromatic N) is 4. The Balaban J connectivity index is 1.98. The molecular formula is C19H37N5O. The molecule has 2 aliphatic heterocycles. The molecule has 2 rings (SSSR count). The summed E-state index contributed by atoms with van der Waals surface area (Å²) in [5.74, 6) is 1.88. The summed E-state index contributed by atoms with van der Waals surface area (Å²) in [6.07, 6.45) is 3.86. The predicted octanol–water partition coefficient (Wildman–Crippen LogP) is 1.63. The third kappa shape index (κ3) is 6.17. The van der Waals surface area contributed by atoms with Gasteiger partial charge in [-0.25, -0.2) is 0 Å². The van der Waals surface area contributed by atoms with Crippen LogP contribution in [0.4, 0.5) is 0 Å². The van der Waals surface area contributed by atoms with Crippen LogP contribution in [-0.2, 0) is 4.79 Å². The van der Waals surface area contributed by atoms with E-state index in [4.69, 9.17) is 4.99 Å². The van der Waals surface area contributed by atoms with Gasteiger partial charge in [0, 0.05) is 45.7 Å². The van der Waals surface area contributed by atoms with Crippen molar-refractivity contribution in [2.24, 2.45) is 10.9 Å². The Bertz CT molecular complexity index is 437. The zero-order valence-electron chi connectivity index (χ0n) is 16.6. The van der Waals surface area contributed by atoms with Crippen LogP contribution in [0.1, 0.15) is 47.0 Å². The molecule has 2 saturated heterocycles. The van der Waals surface area contributed by atoms with E-state index in [1.807, 2.05) is 4.90 Å². The second-order valence-corrected chi connectivity index (χ2v) is 7.71. The Labute approximate surface area is 153 Å². The van der Waals surface area contributed by atoms with Gasteiger partial charge in [0.15, 0.2) is 5.96 Å². The number of guanidine groups is 1. The fourth-order valence-electron chi connectivity index (χ4n) is 3.84. The number of rotatable bonds is 6. The van der Waals surface area contributed by atoms with Crippen molar-refractivity contribution in [1.82, 2.24) is 20.0 Å². The molecule has 2 fully saturated rings. The largest absolute Gasteiger partial charge is 0.357 e. The number of aliphatic imine (C=N–C) groups is 1.